The summed E-state index contributed by atoms with van der Waals surface area (Å²) in [6.07, 6.45) is 0.333. The number of hydrogen-bond donors (Lipinski definition) is 2. The number of carbonyl (C=O) groups excluding carboxylic acids is 1. The van der Waals surface area contributed by atoms with Crippen molar-refractivity contribution >= 4 is 15.1 Å². The summed E-state index contributed by atoms with van der Waals surface area (Å²) in [7, 11) is 2.31. The topological polar surface area (TPSA) is 60.8 Å². The highest BCUT2D eigenvalue weighted by molar-refractivity contribution is 7.18. The Labute approximate surface area is 68.4 Å². The largest absolute Gasteiger partial charge is 0.395 e. The van der Waals surface area contributed by atoms with Gasteiger partial charge < -0.3 is 15.1 Å². The molecule has 0 spiro atoms. The van der Waals surface area contributed by atoms with Crippen LogP contribution in [0, 0.1) is 0 Å². The van der Waals surface area contributed by atoms with Crippen molar-refractivity contribution in [2.75, 3.05) is 32.5 Å². The van der Waals surface area contributed by atoms with Crippen LogP contribution in [0.5, 0.6) is 0 Å². The number of amides is 1. The lowest BCUT2D eigenvalue weighted by molar-refractivity contribution is -0.129. The number of carbonyl (C=O) groups is 1. The van der Waals surface area contributed by atoms with Crippen LogP contribution < -0.4 is 0 Å². The van der Waals surface area contributed by atoms with E-state index >= 15 is 0 Å². The fourth-order valence-electron chi connectivity index (χ4n) is 0.732. The molecule has 0 aromatic carbocycles. The first-order chi connectivity index (χ1) is 5.26. The van der Waals surface area contributed by atoms with Gasteiger partial charge in [0.25, 0.3) is 0 Å². The molecule has 0 saturated carbocycles. The molecule has 0 heterocycles. The Kier molecular flexibility index (Phi) is 6.42. The van der Waals surface area contributed by atoms with Gasteiger partial charge in [0.15, 0.2) is 0 Å². The van der Waals surface area contributed by atoms with Crippen LogP contribution in [0.3, 0.4) is 0 Å². The highest BCUT2D eigenvalue weighted by Gasteiger charge is 2.08. The molecule has 0 aliphatic rings. The number of hydrogen-bond acceptors (Lipinski definition) is 3. The molecule has 0 aliphatic carbocycles. The van der Waals surface area contributed by atoms with Crippen LogP contribution in [0.2, 0.25) is 0 Å². The maximum absolute atomic E-state index is 11.0. The maximum Gasteiger partial charge on any atom is 0.226 e. The predicted molar refractivity (Wildman–Crippen MR) is 45.3 cm³/mol. The Morgan fingerprint density at radius 1 is 1.27 bits per heavy atom. The fraction of sp³-hybridized carbons (Fsp3) is 0.833. The van der Waals surface area contributed by atoms with Gasteiger partial charge in [-0.15, -0.1) is 9.24 Å². The van der Waals surface area contributed by atoms with Gasteiger partial charge in [0.05, 0.1) is 13.2 Å². The SMILES string of the molecule is O=C(CP)N(CCO)CCO. The van der Waals surface area contributed by atoms with E-state index in [-0.39, 0.29) is 19.1 Å². The fourth-order valence-corrected chi connectivity index (χ4v) is 0.990. The third-order valence-corrected chi connectivity index (χ3v) is 1.62. The van der Waals surface area contributed by atoms with Gasteiger partial charge >= 0.3 is 0 Å². The smallest absolute Gasteiger partial charge is 0.226 e. The van der Waals surface area contributed by atoms with E-state index < -0.39 is 0 Å². The van der Waals surface area contributed by atoms with Crippen LogP contribution in [-0.4, -0.2) is 53.5 Å². The third kappa shape index (κ3) is 4.30. The van der Waals surface area contributed by atoms with Gasteiger partial charge in [-0.3, -0.25) is 4.79 Å². The molecule has 0 aliphatic heterocycles. The molecule has 0 fully saturated rings. The molecule has 0 aromatic rings. The number of aliphatic hydroxyl groups excluding tert-OH is 2. The average molecular weight is 179 g/mol. The number of nitrogens with zero attached hydrogens (tertiary/aromatic N) is 1. The molecule has 11 heavy (non-hydrogen) atoms. The molecule has 5 heteroatoms. The lowest BCUT2D eigenvalue weighted by Gasteiger charge is -2.19. The molecule has 1 unspecified atom stereocenters. The zero-order chi connectivity index (χ0) is 8.69. The molecule has 0 radical (unpaired) electrons. The first kappa shape index (κ1) is 10.8. The summed E-state index contributed by atoms with van der Waals surface area (Å²) in [4.78, 5) is 12.4. The van der Waals surface area contributed by atoms with E-state index in [1.165, 1.54) is 4.90 Å². The van der Waals surface area contributed by atoms with Crippen molar-refractivity contribution in [3.05, 3.63) is 0 Å². The molecule has 0 saturated heterocycles. The average Bonchev–Trinajstić information content (AvgIpc) is 2.03. The molecule has 4 nitrogen and oxygen atoms in total. The van der Waals surface area contributed by atoms with Crippen molar-refractivity contribution in [2.24, 2.45) is 0 Å². The second kappa shape index (κ2) is 6.53. The van der Waals surface area contributed by atoms with Gasteiger partial charge in [-0.2, -0.15) is 0 Å². The maximum atomic E-state index is 11.0. The first-order valence-electron chi connectivity index (χ1n) is 3.45. The third-order valence-electron chi connectivity index (χ3n) is 1.27. The van der Waals surface area contributed by atoms with Gasteiger partial charge in [-0.05, 0) is 0 Å². The van der Waals surface area contributed by atoms with E-state index in [4.69, 9.17) is 10.2 Å². The minimum absolute atomic E-state index is 0.0591. The second-order valence-electron chi connectivity index (χ2n) is 2.03. The minimum atomic E-state index is -0.0712. The summed E-state index contributed by atoms with van der Waals surface area (Å²) >= 11 is 0. The zero-order valence-electron chi connectivity index (χ0n) is 6.36. The first-order valence-corrected chi connectivity index (χ1v) is 4.27. The molecule has 1 amide bonds. The van der Waals surface area contributed by atoms with E-state index in [1.807, 2.05) is 0 Å². The van der Waals surface area contributed by atoms with Crippen molar-refractivity contribution in [2.45, 2.75) is 0 Å². The Bertz CT molecular complexity index is 114. The monoisotopic (exact) mass is 179 g/mol. The van der Waals surface area contributed by atoms with Crippen LogP contribution in [0.25, 0.3) is 0 Å². The van der Waals surface area contributed by atoms with Gasteiger partial charge in [0.1, 0.15) is 0 Å². The summed E-state index contributed by atoms with van der Waals surface area (Å²) in [6.45, 7) is 0.481. The van der Waals surface area contributed by atoms with Crippen LogP contribution in [-0.2, 0) is 4.79 Å². The number of rotatable bonds is 5. The Morgan fingerprint density at radius 3 is 2.00 bits per heavy atom. The molecule has 2 N–H and O–H groups in total. The summed E-state index contributed by atoms with van der Waals surface area (Å²) in [5, 5.41) is 17.1. The molecular weight excluding hydrogens is 165 g/mol. The molecule has 66 valence electrons. The predicted octanol–water partition coefficient (Wildman–Crippen LogP) is -1.33. The molecule has 0 bridgehead atoms. The van der Waals surface area contributed by atoms with Crippen molar-refractivity contribution in [3.8, 4) is 0 Å². The summed E-state index contributed by atoms with van der Waals surface area (Å²) in [5.41, 5.74) is 0. The summed E-state index contributed by atoms with van der Waals surface area (Å²) in [6, 6.07) is 0. The van der Waals surface area contributed by atoms with Crippen molar-refractivity contribution in [1.82, 2.24) is 4.90 Å². The molecular formula is C6H14NO3P. The molecule has 0 rings (SSSR count). The Balaban J connectivity index is 3.76. The van der Waals surface area contributed by atoms with Crippen molar-refractivity contribution in [1.29, 1.82) is 0 Å². The van der Waals surface area contributed by atoms with Gasteiger partial charge in [0.2, 0.25) is 5.91 Å². The Hall–Kier alpha value is -0.180. The van der Waals surface area contributed by atoms with Gasteiger partial charge in [-0.1, -0.05) is 0 Å². The van der Waals surface area contributed by atoms with Crippen LogP contribution in [0.4, 0.5) is 0 Å². The summed E-state index contributed by atoms with van der Waals surface area (Å²) in [5.74, 6) is -0.0712. The second-order valence-corrected chi connectivity index (χ2v) is 2.44. The van der Waals surface area contributed by atoms with E-state index in [2.05, 4.69) is 9.24 Å². The van der Waals surface area contributed by atoms with Gasteiger partial charge in [0, 0.05) is 19.3 Å². The normalized spacial score (nSPS) is 9.73. The van der Waals surface area contributed by atoms with E-state index in [9.17, 15) is 4.79 Å². The van der Waals surface area contributed by atoms with Gasteiger partial charge in [-0.25, -0.2) is 0 Å². The minimum Gasteiger partial charge on any atom is -0.395 e. The van der Waals surface area contributed by atoms with E-state index in [1.54, 1.807) is 0 Å². The summed E-state index contributed by atoms with van der Waals surface area (Å²) < 4.78 is 0. The molecule has 1 atom stereocenters. The molecule has 0 aromatic heterocycles. The zero-order valence-corrected chi connectivity index (χ0v) is 7.52. The number of aliphatic hydroxyl groups is 2. The van der Waals surface area contributed by atoms with Crippen molar-refractivity contribution in [3.63, 3.8) is 0 Å². The van der Waals surface area contributed by atoms with E-state index in [0.29, 0.717) is 19.3 Å². The highest BCUT2D eigenvalue weighted by Crippen LogP contribution is 1.92. The van der Waals surface area contributed by atoms with Crippen LogP contribution in [0.1, 0.15) is 0 Å². The van der Waals surface area contributed by atoms with E-state index in [0.717, 1.165) is 0 Å². The quantitative estimate of drug-likeness (QED) is 0.514. The Morgan fingerprint density at radius 2 is 1.73 bits per heavy atom. The standard InChI is InChI=1S/C6H14NO3P/c8-3-1-7(2-4-9)6(10)5-11/h8-9H,1-5,11H2. The van der Waals surface area contributed by atoms with Crippen molar-refractivity contribution < 1.29 is 15.0 Å². The highest BCUT2D eigenvalue weighted by atomic mass is 31.0. The lowest BCUT2D eigenvalue weighted by Crippen LogP contribution is -2.36. The van der Waals surface area contributed by atoms with Crippen LogP contribution >= 0.6 is 9.24 Å². The van der Waals surface area contributed by atoms with Crippen LogP contribution in [0.15, 0.2) is 0 Å². The lowest BCUT2D eigenvalue weighted by atomic mass is 10.4.